The molecule has 0 amide bonds. The van der Waals surface area contributed by atoms with E-state index in [2.05, 4.69) is 47.1 Å². The third kappa shape index (κ3) is 6.92. The summed E-state index contributed by atoms with van der Waals surface area (Å²) >= 11 is 0. The first-order valence-electron chi connectivity index (χ1n) is 9.94. The second-order valence-electron chi connectivity index (χ2n) is 7.97. The van der Waals surface area contributed by atoms with Crippen molar-refractivity contribution in [2.24, 2.45) is 0 Å². The summed E-state index contributed by atoms with van der Waals surface area (Å²) in [7, 11) is -1.41. The number of pyridine rings is 1. The van der Waals surface area contributed by atoms with Crippen LogP contribution >= 0.6 is 0 Å². The summed E-state index contributed by atoms with van der Waals surface area (Å²) in [4.78, 5) is 7.03. The second-order valence-corrected chi connectivity index (χ2v) is 12.7. The van der Waals surface area contributed by atoms with Crippen molar-refractivity contribution in [3.8, 4) is 17.2 Å². The van der Waals surface area contributed by atoms with Gasteiger partial charge in [0.05, 0.1) is 31.9 Å². The number of fused-ring (bicyclic) bond motifs is 1. The highest BCUT2D eigenvalue weighted by Crippen LogP contribution is 2.19. The van der Waals surface area contributed by atoms with Gasteiger partial charge in [0.1, 0.15) is 26.1 Å². The van der Waals surface area contributed by atoms with Gasteiger partial charge in [-0.3, -0.25) is 4.90 Å². The SMILES string of the molecule is C[Si](C)(C)C#Cc1ccc2ccc(OCCOCCN3CCOCC3)cc2n1. The first kappa shape index (κ1) is 20.8. The largest absolute Gasteiger partial charge is 0.491 e. The number of nitrogens with zero attached hydrogens (tertiary/aromatic N) is 2. The van der Waals surface area contributed by atoms with Crippen molar-refractivity contribution in [2.45, 2.75) is 19.6 Å². The molecule has 1 aromatic carbocycles. The molecule has 2 heterocycles. The molecule has 0 aliphatic carbocycles. The van der Waals surface area contributed by atoms with E-state index in [0.717, 1.165) is 61.8 Å². The van der Waals surface area contributed by atoms with E-state index in [1.54, 1.807) is 0 Å². The van der Waals surface area contributed by atoms with Crippen molar-refractivity contribution in [3.63, 3.8) is 0 Å². The van der Waals surface area contributed by atoms with Gasteiger partial charge in [0.2, 0.25) is 0 Å². The Morgan fingerprint density at radius 2 is 1.86 bits per heavy atom. The average molecular weight is 399 g/mol. The zero-order valence-electron chi connectivity index (χ0n) is 17.2. The molecule has 1 saturated heterocycles. The normalized spacial score (nSPS) is 15.2. The Morgan fingerprint density at radius 3 is 2.64 bits per heavy atom. The van der Waals surface area contributed by atoms with Gasteiger partial charge >= 0.3 is 0 Å². The Bertz CT molecular complexity index is 833. The number of ether oxygens (including phenoxy) is 3. The van der Waals surface area contributed by atoms with Crippen LogP contribution in [0.5, 0.6) is 5.75 Å². The molecule has 0 radical (unpaired) electrons. The highest BCUT2D eigenvalue weighted by atomic mass is 28.3. The van der Waals surface area contributed by atoms with Crippen LogP contribution in [-0.4, -0.2) is 70.6 Å². The predicted molar refractivity (Wildman–Crippen MR) is 116 cm³/mol. The van der Waals surface area contributed by atoms with E-state index in [1.165, 1.54) is 0 Å². The first-order valence-corrected chi connectivity index (χ1v) is 13.4. The van der Waals surface area contributed by atoms with Crippen LogP contribution in [0.3, 0.4) is 0 Å². The van der Waals surface area contributed by atoms with Crippen molar-refractivity contribution in [2.75, 3.05) is 52.7 Å². The van der Waals surface area contributed by atoms with Gasteiger partial charge in [-0.2, -0.15) is 0 Å². The summed E-state index contributed by atoms with van der Waals surface area (Å²) < 4.78 is 16.9. The molecule has 0 spiro atoms. The first-order chi connectivity index (χ1) is 13.5. The Morgan fingerprint density at radius 1 is 1.07 bits per heavy atom. The maximum Gasteiger partial charge on any atom is 0.129 e. The lowest BCUT2D eigenvalue weighted by atomic mass is 10.2. The third-order valence-electron chi connectivity index (χ3n) is 4.38. The van der Waals surface area contributed by atoms with Crippen molar-refractivity contribution in [1.29, 1.82) is 0 Å². The Kier molecular flexibility index (Phi) is 7.46. The molecule has 0 bridgehead atoms. The van der Waals surface area contributed by atoms with Gasteiger partial charge in [-0.15, -0.1) is 5.54 Å². The number of hydrogen-bond acceptors (Lipinski definition) is 5. The van der Waals surface area contributed by atoms with Gasteiger partial charge < -0.3 is 14.2 Å². The highest BCUT2D eigenvalue weighted by Gasteiger charge is 2.09. The van der Waals surface area contributed by atoms with Crippen molar-refractivity contribution < 1.29 is 14.2 Å². The Labute approximate surface area is 169 Å². The van der Waals surface area contributed by atoms with Gasteiger partial charge in [-0.25, -0.2) is 4.98 Å². The zero-order valence-corrected chi connectivity index (χ0v) is 18.2. The fourth-order valence-corrected chi connectivity index (χ4v) is 3.35. The molecule has 5 nitrogen and oxygen atoms in total. The fraction of sp³-hybridized carbons (Fsp3) is 0.500. The van der Waals surface area contributed by atoms with Gasteiger partial charge in [-0.1, -0.05) is 31.6 Å². The zero-order chi connectivity index (χ0) is 19.8. The van der Waals surface area contributed by atoms with Crippen LogP contribution in [0.15, 0.2) is 30.3 Å². The maximum atomic E-state index is 5.83. The van der Waals surface area contributed by atoms with E-state index in [9.17, 15) is 0 Å². The monoisotopic (exact) mass is 398 g/mol. The molecule has 2 aromatic rings. The Balaban J connectivity index is 1.47. The van der Waals surface area contributed by atoms with Gasteiger partial charge in [0.25, 0.3) is 0 Å². The van der Waals surface area contributed by atoms with Gasteiger partial charge in [-0.05, 0) is 18.2 Å². The predicted octanol–water partition coefficient (Wildman–Crippen LogP) is 3.19. The number of hydrogen-bond donors (Lipinski definition) is 0. The van der Waals surface area contributed by atoms with Crippen molar-refractivity contribution in [3.05, 3.63) is 36.0 Å². The van der Waals surface area contributed by atoms with E-state index in [0.29, 0.717) is 13.2 Å². The minimum Gasteiger partial charge on any atom is -0.491 e. The van der Waals surface area contributed by atoms with E-state index < -0.39 is 8.07 Å². The summed E-state index contributed by atoms with van der Waals surface area (Å²) in [5.41, 5.74) is 5.09. The second kappa shape index (κ2) is 10.0. The molecule has 0 saturated carbocycles. The molecule has 1 aliphatic heterocycles. The minimum atomic E-state index is -1.41. The van der Waals surface area contributed by atoms with Crippen LogP contribution < -0.4 is 4.74 Å². The quantitative estimate of drug-likeness (QED) is 0.407. The lowest BCUT2D eigenvalue weighted by molar-refractivity contribution is 0.0170. The molecule has 3 rings (SSSR count). The minimum absolute atomic E-state index is 0.531. The van der Waals surface area contributed by atoms with E-state index in [4.69, 9.17) is 14.2 Å². The third-order valence-corrected chi connectivity index (χ3v) is 5.26. The molecular weight excluding hydrogens is 368 g/mol. The van der Waals surface area contributed by atoms with Crippen molar-refractivity contribution >= 4 is 19.0 Å². The van der Waals surface area contributed by atoms with E-state index in [1.807, 2.05) is 24.3 Å². The van der Waals surface area contributed by atoms with Crippen LogP contribution in [-0.2, 0) is 9.47 Å². The van der Waals surface area contributed by atoms with E-state index >= 15 is 0 Å². The van der Waals surface area contributed by atoms with Crippen LogP contribution in [0.4, 0.5) is 0 Å². The van der Waals surface area contributed by atoms with Crippen LogP contribution in [0.2, 0.25) is 19.6 Å². The summed E-state index contributed by atoms with van der Waals surface area (Å²) in [6, 6.07) is 10.0. The van der Waals surface area contributed by atoms with Gasteiger partial charge in [0.15, 0.2) is 0 Å². The summed E-state index contributed by atoms with van der Waals surface area (Å²) in [6.07, 6.45) is 0. The lowest BCUT2D eigenvalue weighted by Crippen LogP contribution is -2.38. The molecule has 1 aliphatic rings. The van der Waals surface area contributed by atoms with Crippen LogP contribution in [0.1, 0.15) is 5.69 Å². The number of rotatable bonds is 7. The molecular formula is C22H30N2O3Si. The molecule has 1 fully saturated rings. The molecule has 6 heteroatoms. The molecule has 0 unspecified atom stereocenters. The molecule has 0 atom stereocenters. The fourth-order valence-electron chi connectivity index (χ4n) is 2.85. The number of benzene rings is 1. The maximum absolute atomic E-state index is 5.83. The topological polar surface area (TPSA) is 43.8 Å². The van der Waals surface area contributed by atoms with E-state index in [-0.39, 0.29) is 0 Å². The molecule has 150 valence electrons. The standard InChI is InChI=1S/C22H30N2O3Si/c1-28(2,3)17-8-20-6-4-19-5-7-21(18-22(19)23-20)27-16-15-26-14-11-24-9-12-25-13-10-24/h4-7,18H,9-16H2,1-3H3. The number of morpholine rings is 1. The lowest BCUT2D eigenvalue weighted by Gasteiger charge is -2.26. The van der Waals surface area contributed by atoms with Crippen LogP contribution in [0.25, 0.3) is 10.9 Å². The van der Waals surface area contributed by atoms with Crippen LogP contribution in [0, 0.1) is 11.5 Å². The molecule has 0 N–H and O–H groups in total. The van der Waals surface area contributed by atoms with Crippen molar-refractivity contribution in [1.82, 2.24) is 9.88 Å². The average Bonchev–Trinajstić information content (AvgIpc) is 2.69. The molecule has 28 heavy (non-hydrogen) atoms. The smallest absolute Gasteiger partial charge is 0.129 e. The molecule has 1 aromatic heterocycles. The summed E-state index contributed by atoms with van der Waals surface area (Å²) in [6.45, 7) is 13.1. The number of aromatic nitrogens is 1. The summed E-state index contributed by atoms with van der Waals surface area (Å²) in [5.74, 6) is 4.03. The summed E-state index contributed by atoms with van der Waals surface area (Å²) in [5, 5.41) is 1.09. The van der Waals surface area contributed by atoms with Gasteiger partial charge in [0, 0.05) is 31.1 Å². The Hall–Kier alpha value is -1.91. The highest BCUT2D eigenvalue weighted by molar-refractivity contribution is 6.83.